The zero-order chi connectivity index (χ0) is 43.1. The molecule has 8 N–H and O–H groups in total. The molecule has 0 fully saturated rings. The van der Waals surface area contributed by atoms with Crippen LogP contribution in [0.4, 0.5) is 0 Å². The minimum Gasteiger partial charge on any atom is -0.344 e. The van der Waals surface area contributed by atoms with Gasteiger partial charge in [0.05, 0.1) is 45.4 Å². The lowest BCUT2D eigenvalue weighted by molar-refractivity contribution is -0.204. The van der Waals surface area contributed by atoms with Crippen LogP contribution in [0.2, 0.25) is 20.1 Å². The van der Waals surface area contributed by atoms with Gasteiger partial charge in [0.25, 0.3) is 0 Å². The zero-order valence-electron chi connectivity index (χ0n) is 34.2. The Bertz CT molecular complexity index is 1880. The molecule has 4 aromatic carbocycles. The van der Waals surface area contributed by atoms with E-state index in [1.165, 1.54) is 24.0 Å². The molecule has 332 valence electrons. The molecule has 4 aromatic rings. The minimum absolute atomic E-state index is 0. The Hall–Kier alpha value is -2.88. The Morgan fingerprint density at radius 1 is 0.567 bits per heavy atom. The quantitative estimate of drug-likeness (QED) is 0.0540. The van der Waals surface area contributed by atoms with Crippen molar-refractivity contribution in [3.8, 4) is 0 Å². The van der Waals surface area contributed by atoms with Gasteiger partial charge in [0.1, 0.15) is 12.2 Å². The van der Waals surface area contributed by atoms with E-state index >= 15 is 0 Å². The van der Waals surface area contributed by atoms with E-state index in [4.69, 9.17) is 65.1 Å². The first-order chi connectivity index (χ1) is 27.3. The van der Waals surface area contributed by atoms with Crippen LogP contribution in [-0.4, -0.2) is 44.8 Å². The molecule has 4 rings (SSSR count). The molecule has 0 spiro atoms. The fraction of sp³-hybridized carbons (Fsp3) is 0.350. The maximum Gasteiger partial charge on any atom is 0.317 e. The number of hydrogen-bond donors (Lipinski definition) is 4. The Morgan fingerprint density at radius 3 is 1.13 bits per heavy atom. The molecular formula is C40H54Cl4N4O10P2. The van der Waals surface area contributed by atoms with Crippen molar-refractivity contribution < 1.29 is 47.2 Å². The lowest BCUT2D eigenvalue weighted by Crippen LogP contribution is -2.32. The van der Waals surface area contributed by atoms with E-state index in [9.17, 15) is 28.5 Å². The summed E-state index contributed by atoms with van der Waals surface area (Å²) in [5.41, 5.74) is 5.29. The molecule has 0 aliphatic rings. The maximum atomic E-state index is 12.1. The van der Waals surface area contributed by atoms with Crippen LogP contribution in [0.1, 0.15) is 98.3 Å². The number of nitrogens with zero attached hydrogens (tertiary/aromatic N) is 2. The smallest absolute Gasteiger partial charge is 0.317 e. The second-order valence-corrected chi connectivity index (χ2v) is 16.4. The Kier molecular flexibility index (Phi) is 25.0. The summed E-state index contributed by atoms with van der Waals surface area (Å²) in [5.74, 6) is -0.568. The number of hydroxylamine groups is 4. The van der Waals surface area contributed by atoms with Crippen molar-refractivity contribution in [2.75, 3.05) is 13.1 Å². The van der Waals surface area contributed by atoms with Crippen molar-refractivity contribution in [2.45, 2.75) is 78.8 Å². The maximum absolute atomic E-state index is 12.1. The second kappa shape index (κ2) is 27.2. The molecule has 0 aromatic heterocycles. The number of aryl methyl sites for hydroxylation is 2. The van der Waals surface area contributed by atoms with Crippen molar-refractivity contribution in [3.63, 3.8) is 0 Å². The van der Waals surface area contributed by atoms with E-state index in [2.05, 4.69) is 0 Å². The van der Waals surface area contributed by atoms with Crippen molar-refractivity contribution in [2.24, 2.45) is 0 Å². The SMILES string of the molecule is CC(=O)N(CCC(O[PH](=O)O)c1ccc(Cl)c(Cl)c1)OC(C)c1ccc(C)cc1.CC(=O)N(CCC(O[PH](=O)O)c1ccc(Cl)c(Cl)c1)OC(C)c1ccc(C)cc1.N.N. The summed E-state index contributed by atoms with van der Waals surface area (Å²) < 4.78 is 32.9. The molecule has 0 heterocycles. The van der Waals surface area contributed by atoms with Gasteiger partial charge in [0, 0.05) is 13.8 Å². The Morgan fingerprint density at radius 2 is 0.867 bits per heavy atom. The number of carbonyl (C=O) groups is 2. The van der Waals surface area contributed by atoms with Crippen LogP contribution >= 0.6 is 62.9 Å². The first-order valence-corrected chi connectivity index (χ1v) is 22.1. The van der Waals surface area contributed by atoms with Crippen LogP contribution in [0, 0.1) is 13.8 Å². The summed E-state index contributed by atoms with van der Waals surface area (Å²) in [6.07, 6.45) is -1.73. The van der Waals surface area contributed by atoms with Crippen molar-refractivity contribution in [3.05, 3.63) is 138 Å². The summed E-state index contributed by atoms with van der Waals surface area (Å²) in [6, 6.07) is 25.3. The molecule has 2 amide bonds. The topological polar surface area (TPSA) is 222 Å². The highest BCUT2D eigenvalue weighted by Crippen LogP contribution is 2.36. The van der Waals surface area contributed by atoms with E-state index < -0.39 is 28.7 Å². The first kappa shape index (κ1) is 55.1. The number of rotatable bonds is 18. The lowest BCUT2D eigenvalue weighted by atomic mass is 10.1. The second-order valence-electron chi connectivity index (χ2n) is 13.2. The van der Waals surface area contributed by atoms with E-state index in [0.717, 1.165) is 22.3 Å². The van der Waals surface area contributed by atoms with Crippen LogP contribution in [0.25, 0.3) is 0 Å². The van der Waals surface area contributed by atoms with Gasteiger partial charge in [-0.2, -0.15) is 0 Å². The third kappa shape index (κ3) is 18.6. The summed E-state index contributed by atoms with van der Waals surface area (Å²) >= 11 is 24.0. The molecule has 0 radical (unpaired) electrons. The third-order valence-electron chi connectivity index (χ3n) is 8.67. The van der Waals surface area contributed by atoms with Crippen molar-refractivity contribution >= 4 is 74.7 Å². The molecule has 60 heavy (non-hydrogen) atoms. The van der Waals surface area contributed by atoms with E-state index in [-0.39, 0.29) is 62.3 Å². The van der Waals surface area contributed by atoms with Crippen LogP contribution in [0.15, 0.2) is 84.9 Å². The third-order valence-corrected chi connectivity index (χ3v) is 11.1. The van der Waals surface area contributed by atoms with Gasteiger partial charge in [0.15, 0.2) is 0 Å². The summed E-state index contributed by atoms with van der Waals surface area (Å²) in [6.45, 7) is 10.8. The fourth-order valence-corrected chi connectivity index (χ4v) is 7.08. The molecule has 6 unspecified atom stereocenters. The molecule has 14 nitrogen and oxygen atoms in total. The number of carbonyl (C=O) groups excluding carboxylic acids is 2. The summed E-state index contributed by atoms with van der Waals surface area (Å²) in [4.78, 5) is 54.2. The van der Waals surface area contributed by atoms with Gasteiger partial charge in [-0.1, -0.05) is 118 Å². The van der Waals surface area contributed by atoms with Crippen LogP contribution in [0.5, 0.6) is 0 Å². The molecule has 0 aliphatic heterocycles. The summed E-state index contributed by atoms with van der Waals surface area (Å²) in [5, 5.41) is 3.81. The van der Waals surface area contributed by atoms with Crippen LogP contribution < -0.4 is 12.3 Å². The van der Waals surface area contributed by atoms with Gasteiger partial charge in [-0.25, -0.2) is 10.1 Å². The minimum atomic E-state index is -3.21. The monoisotopic (exact) mass is 952 g/mol. The number of hydrogen-bond acceptors (Lipinski definition) is 10. The number of benzene rings is 4. The van der Waals surface area contributed by atoms with E-state index in [1.807, 2.05) is 76.2 Å². The molecule has 0 aliphatic carbocycles. The predicted molar refractivity (Wildman–Crippen MR) is 238 cm³/mol. The lowest BCUT2D eigenvalue weighted by Gasteiger charge is -2.26. The van der Waals surface area contributed by atoms with Gasteiger partial charge >= 0.3 is 16.5 Å². The average Bonchev–Trinajstić information content (AvgIpc) is 3.16. The van der Waals surface area contributed by atoms with Crippen LogP contribution in [0.3, 0.4) is 0 Å². The molecule has 0 bridgehead atoms. The van der Waals surface area contributed by atoms with Crippen molar-refractivity contribution in [1.82, 2.24) is 22.4 Å². The molecule has 6 atom stereocenters. The molecule has 20 heteroatoms. The number of halogens is 4. The van der Waals surface area contributed by atoms with E-state index in [1.54, 1.807) is 36.4 Å². The highest BCUT2D eigenvalue weighted by molar-refractivity contribution is 7.32. The van der Waals surface area contributed by atoms with Gasteiger partial charge in [0.2, 0.25) is 11.8 Å². The number of amides is 2. The predicted octanol–water partition coefficient (Wildman–Crippen LogP) is 11.7. The Balaban J connectivity index is 0.000000581. The Labute approximate surface area is 372 Å². The normalized spacial score (nSPS) is 13.8. The first-order valence-electron chi connectivity index (χ1n) is 18.1. The van der Waals surface area contributed by atoms with Gasteiger partial charge in [-0.15, -0.1) is 0 Å². The molecule has 0 saturated carbocycles. The zero-order valence-corrected chi connectivity index (χ0v) is 39.2. The standard InChI is InChI=1S/2C20H24Cl2NO5P.2H3N/c2*1-13-4-6-16(7-5-13)14(2)27-23(15(3)24)11-10-20(28-29(25)26)17-8-9-18(21)19(22)12-17;;/h2*4-9,12,14,20,29H,10-11H2,1-3H3,(H,25,26);2*1H3. The summed E-state index contributed by atoms with van der Waals surface area (Å²) in [7, 11) is -6.42. The fourth-order valence-electron chi connectivity index (χ4n) is 5.47. The van der Waals surface area contributed by atoms with Crippen molar-refractivity contribution in [1.29, 1.82) is 0 Å². The highest BCUT2D eigenvalue weighted by atomic mass is 35.5. The highest BCUT2D eigenvalue weighted by Gasteiger charge is 2.23. The van der Waals surface area contributed by atoms with Gasteiger partial charge in [-0.05, 0) is 87.1 Å². The van der Waals surface area contributed by atoms with Gasteiger partial charge in [-0.3, -0.25) is 28.4 Å². The largest absolute Gasteiger partial charge is 0.344 e. The molecule has 0 saturated heterocycles. The molecular weight excluding hydrogens is 900 g/mol. The average molecular weight is 955 g/mol. The van der Waals surface area contributed by atoms with E-state index in [0.29, 0.717) is 31.2 Å². The van der Waals surface area contributed by atoms with Crippen LogP contribution in [-0.2, 0) is 37.4 Å². The van der Waals surface area contributed by atoms with Gasteiger partial charge < -0.3 is 31.1 Å².